The average molecular weight is 312 g/mol. The Morgan fingerprint density at radius 3 is 1.77 bits per heavy atom. The normalized spacial score (nSPS) is 12.8. The van der Waals surface area contributed by atoms with Gasteiger partial charge in [-0.2, -0.15) is 0 Å². The van der Waals surface area contributed by atoms with Crippen LogP contribution in [0.4, 0.5) is 0 Å². The summed E-state index contributed by atoms with van der Waals surface area (Å²) in [4.78, 5) is 10.3. The summed E-state index contributed by atoms with van der Waals surface area (Å²) in [6.45, 7) is 1.99. The standard InChI is InChI=1S/C19H36O3/c1-2-3-15-18(20)16-13-11-9-7-5-4-6-8-10-12-14-17-19(21)22/h2-3,18,20H,4-17H2,1H3,(H,21,22). The highest BCUT2D eigenvalue weighted by Crippen LogP contribution is 2.13. The van der Waals surface area contributed by atoms with Crippen LogP contribution in [0.1, 0.15) is 96.8 Å². The topological polar surface area (TPSA) is 57.5 Å². The number of carboxylic acids is 1. The summed E-state index contributed by atoms with van der Waals surface area (Å²) < 4.78 is 0. The van der Waals surface area contributed by atoms with Crippen molar-refractivity contribution in [3.05, 3.63) is 12.2 Å². The van der Waals surface area contributed by atoms with Gasteiger partial charge in [0.25, 0.3) is 0 Å². The van der Waals surface area contributed by atoms with E-state index in [1.54, 1.807) is 0 Å². The van der Waals surface area contributed by atoms with Crippen LogP contribution in [0, 0.1) is 0 Å². The Labute approximate surface area is 136 Å². The summed E-state index contributed by atoms with van der Waals surface area (Å²) in [5.41, 5.74) is 0. The smallest absolute Gasteiger partial charge is 0.303 e. The molecule has 3 heteroatoms. The minimum atomic E-state index is -0.672. The molecule has 130 valence electrons. The lowest BCUT2D eigenvalue weighted by atomic mass is 10.0. The van der Waals surface area contributed by atoms with Gasteiger partial charge < -0.3 is 10.2 Å². The lowest BCUT2D eigenvalue weighted by Crippen LogP contribution is -2.04. The second-order valence-corrected chi connectivity index (χ2v) is 6.28. The van der Waals surface area contributed by atoms with Gasteiger partial charge in [-0.1, -0.05) is 76.4 Å². The number of hydrogen-bond acceptors (Lipinski definition) is 2. The van der Waals surface area contributed by atoms with Crippen molar-refractivity contribution in [3.8, 4) is 0 Å². The summed E-state index contributed by atoms with van der Waals surface area (Å²) in [5.74, 6) is -0.672. The monoisotopic (exact) mass is 312 g/mol. The predicted molar refractivity (Wildman–Crippen MR) is 93.1 cm³/mol. The molecule has 0 radical (unpaired) electrons. The van der Waals surface area contributed by atoms with Gasteiger partial charge in [0.05, 0.1) is 6.10 Å². The fourth-order valence-electron chi connectivity index (χ4n) is 2.66. The molecule has 0 aliphatic heterocycles. The fourth-order valence-corrected chi connectivity index (χ4v) is 2.66. The van der Waals surface area contributed by atoms with Gasteiger partial charge in [-0.25, -0.2) is 0 Å². The third kappa shape index (κ3) is 17.2. The first-order valence-electron chi connectivity index (χ1n) is 9.17. The van der Waals surface area contributed by atoms with Gasteiger partial charge >= 0.3 is 5.97 Å². The van der Waals surface area contributed by atoms with Crippen LogP contribution < -0.4 is 0 Å². The number of unbranched alkanes of at least 4 members (excludes halogenated alkanes) is 10. The number of carbonyl (C=O) groups is 1. The van der Waals surface area contributed by atoms with Crippen LogP contribution >= 0.6 is 0 Å². The molecule has 1 unspecified atom stereocenters. The first kappa shape index (κ1) is 21.2. The number of aliphatic hydroxyl groups excluding tert-OH is 1. The van der Waals surface area contributed by atoms with E-state index in [2.05, 4.69) is 0 Å². The molecule has 0 fully saturated rings. The second-order valence-electron chi connectivity index (χ2n) is 6.28. The zero-order valence-corrected chi connectivity index (χ0v) is 14.4. The largest absolute Gasteiger partial charge is 0.481 e. The maximum Gasteiger partial charge on any atom is 0.303 e. The van der Waals surface area contributed by atoms with E-state index in [-0.39, 0.29) is 6.10 Å². The Kier molecular flexibility index (Phi) is 15.9. The van der Waals surface area contributed by atoms with E-state index < -0.39 is 5.97 Å². The summed E-state index contributed by atoms with van der Waals surface area (Å²) >= 11 is 0. The minimum Gasteiger partial charge on any atom is -0.481 e. The Balaban J connectivity index is 3.09. The third-order valence-corrected chi connectivity index (χ3v) is 4.07. The first-order valence-corrected chi connectivity index (χ1v) is 9.17. The van der Waals surface area contributed by atoms with Gasteiger partial charge in [-0.05, 0) is 26.2 Å². The van der Waals surface area contributed by atoms with Crippen LogP contribution in [0.25, 0.3) is 0 Å². The highest BCUT2D eigenvalue weighted by atomic mass is 16.4. The van der Waals surface area contributed by atoms with Crippen LogP contribution in [0.3, 0.4) is 0 Å². The maximum atomic E-state index is 10.3. The molecule has 0 saturated heterocycles. The maximum absolute atomic E-state index is 10.3. The molecule has 2 N–H and O–H groups in total. The van der Waals surface area contributed by atoms with Crippen molar-refractivity contribution in [2.75, 3.05) is 0 Å². The molecule has 0 aliphatic carbocycles. The van der Waals surface area contributed by atoms with Crippen molar-refractivity contribution >= 4 is 5.97 Å². The second kappa shape index (κ2) is 16.5. The van der Waals surface area contributed by atoms with Gasteiger partial charge in [0.1, 0.15) is 0 Å². The summed E-state index contributed by atoms with van der Waals surface area (Å²) in [5, 5.41) is 18.2. The van der Waals surface area contributed by atoms with Crippen LogP contribution in [0.5, 0.6) is 0 Å². The van der Waals surface area contributed by atoms with Gasteiger partial charge in [0, 0.05) is 6.42 Å². The Morgan fingerprint density at radius 1 is 0.864 bits per heavy atom. The molecule has 0 rings (SSSR count). The van der Waals surface area contributed by atoms with E-state index in [1.165, 1.54) is 51.4 Å². The molecule has 22 heavy (non-hydrogen) atoms. The number of aliphatic carboxylic acids is 1. The molecule has 0 aromatic rings. The zero-order chi connectivity index (χ0) is 16.5. The molecule has 0 amide bonds. The molecule has 1 atom stereocenters. The van der Waals surface area contributed by atoms with E-state index in [0.29, 0.717) is 6.42 Å². The Morgan fingerprint density at radius 2 is 1.32 bits per heavy atom. The first-order chi connectivity index (χ1) is 10.7. The summed E-state index contributed by atoms with van der Waals surface area (Å²) in [6.07, 6.45) is 19.1. The molecule has 0 aromatic heterocycles. The van der Waals surface area contributed by atoms with Gasteiger partial charge in [0.2, 0.25) is 0 Å². The molecular formula is C19H36O3. The molecule has 0 aliphatic rings. The van der Waals surface area contributed by atoms with E-state index >= 15 is 0 Å². The van der Waals surface area contributed by atoms with E-state index in [9.17, 15) is 9.90 Å². The Bertz CT molecular complexity index is 274. The van der Waals surface area contributed by atoms with Crippen molar-refractivity contribution in [1.82, 2.24) is 0 Å². The van der Waals surface area contributed by atoms with Crippen LogP contribution in [-0.4, -0.2) is 22.3 Å². The number of hydrogen-bond donors (Lipinski definition) is 2. The van der Waals surface area contributed by atoms with Crippen molar-refractivity contribution in [2.24, 2.45) is 0 Å². The number of aliphatic hydroxyl groups is 1. The molecular weight excluding hydrogens is 276 g/mol. The highest BCUT2D eigenvalue weighted by molar-refractivity contribution is 5.66. The molecule has 0 heterocycles. The molecule has 0 spiro atoms. The van der Waals surface area contributed by atoms with Gasteiger partial charge in [-0.3, -0.25) is 4.79 Å². The zero-order valence-electron chi connectivity index (χ0n) is 14.4. The number of allylic oxidation sites excluding steroid dienone is 1. The van der Waals surface area contributed by atoms with E-state index in [0.717, 1.165) is 32.1 Å². The SMILES string of the molecule is CC=CCC(O)CCCCCCCCCCCCCC(=O)O. The molecule has 0 bridgehead atoms. The average Bonchev–Trinajstić information content (AvgIpc) is 2.49. The van der Waals surface area contributed by atoms with Crippen LogP contribution in [0.15, 0.2) is 12.2 Å². The van der Waals surface area contributed by atoms with Crippen molar-refractivity contribution in [1.29, 1.82) is 0 Å². The van der Waals surface area contributed by atoms with Gasteiger partial charge in [0.15, 0.2) is 0 Å². The quantitative estimate of drug-likeness (QED) is 0.293. The van der Waals surface area contributed by atoms with Crippen molar-refractivity contribution < 1.29 is 15.0 Å². The van der Waals surface area contributed by atoms with Crippen molar-refractivity contribution in [2.45, 2.75) is 103 Å². The summed E-state index contributed by atoms with van der Waals surface area (Å²) in [7, 11) is 0. The highest BCUT2D eigenvalue weighted by Gasteiger charge is 2.01. The fraction of sp³-hybridized carbons (Fsp3) is 0.842. The number of rotatable bonds is 16. The van der Waals surface area contributed by atoms with Crippen molar-refractivity contribution in [3.63, 3.8) is 0 Å². The summed E-state index contributed by atoms with van der Waals surface area (Å²) in [6, 6.07) is 0. The van der Waals surface area contributed by atoms with Gasteiger partial charge in [-0.15, -0.1) is 0 Å². The lowest BCUT2D eigenvalue weighted by molar-refractivity contribution is -0.137. The van der Waals surface area contributed by atoms with E-state index in [4.69, 9.17) is 5.11 Å². The van der Waals surface area contributed by atoms with Crippen LogP contribution in [0.2, 0.25) is 0 Å². The Hall–Kier alpha value is -0.830. The molecule has 0 saturated carbocycles. The third-order valence-electron chi connectivity index (χ3n) is 4.07. The predicted octanol–water partition coefficient (Wildman–Crippen LogP) is 5.47. The number of carboxylic acid groups (broad SMARTS) is 1. The minimum absolute atomic E-state index is 0.155. The molecule has 3 nitrogen and oxygen atoms in total. The van der Waals surface area contributed by atoms with E-state index in [1.807, 2.05) is 19.1 Å². The lowest BCUT2D eigenvalue weighted by Gasteiger charge is -2.07. The van der Waals surface area contributed by atoms with Crippen LogP contribution in [-0.2, 0) is 4.79 Å². The molecule has 0 aromatic carbocycles.